The van der Waals surface area contributed by atoms with E-state index in [-0.39, 0.29) is 16.3 Å². The van der Waals surface area contributed by atoms with Crippen LogP contribution in [0.5, 0.6) is 0 Å². The summed E-state index contributed by atoms with van der Waals surface area (Å²) in [6.45, 7) is 3.78. The van der Waals surface area contributed by atoms with E-state index in [0.717, 1.165) is 23.3 Å². The summed E-state index contributed by atoms with van der Waals surface area (Å²) in [6, 6.07) is 7.84. The Morgan fingerprint density at radius 3 is 2.25 bits per heavy atom. The molecule has 3 nitrogen and oxygen atoms in total. The van der Waals surface area contributed by atoms with Crippen LogP contribution in [0.25, 0.3) is 5.57 Å². The minimum atomic E-state index is -1.01. The Labute approximate surface area is 142 Å². The molecular formula is C18H12ClF2NO2. The number of amides is 2. The molecule has 6 heteroatoms. The zero-order chi connectivity index (χ0) is 17.6. The van der Waals surface area contributed by atoms with Crippen molar-refractivity contribution in [3.63, 3.8) is 0 Å². The van der Waals surface area contributed by atoms with E-state index in [2.05, 4.69) is 0 Å². The quantitative estimate of drug-likeness (QED) is 0.767. The normalized spacial score (nSPS) is 14.8. The summed E-state index contributed by atoms with van der Waals surface area (Å²) in [4.78, 5) is 25.6. The van der Waals surface area contributed by atoms with Gasteiger partial charge in [-0.25, -0.2) is 13.7 Å². The Morgan fingerprint density at radius 2 is 1.62 bits per heavy atom. The molecule has 0 aromatic heterocycles. The molecule has 2 aromatic carbocycles. The monoisotopic (exact) mass is 347 g/mol. The minimum Gasteiger partial charge on any atom is -0.268 e. The Bertz CT molecular complexity index is 921. The molecule has 0 saturated carbocycles. The van der Waals surface area contributed by atoms with Crippen LogP contribution in [0.2, 0.25) is 0 Å². The standard InChI is InChI=1S/C18H12ClF2NO2/c1-9-3-4-11(7-10(9)2)15-16(19)18(24)22(17(15)23)14-6-5-12(20)8-13(14)21/h3-8H,1-2H3. The van der Waals surface area contributed by atoms with E-state index in [1.165, 1.54) is 0 Å². The number of nitrogens with zero attached hydrogens (tertiary/aromatic N) is 1. The van der Waals surface area contributed by atoms with Gasteiger partial charge in [0.1, 0.15) is 16.7 Å². The lowest BCUT2D eigenvalue weighted by Gasteiger charge is -2.15. The van der Waals surface area contributed by atoms with Gasteiger partial charge in [-0.2, -0.15) is 0 Å². The van der Waals surface area contributed by atoms with Gasteiger partial charge in [-0.05, 0) is 42.7 Å². The second-order valence-corrected chi connectivity index (χ2v) is 5.91. The zero-order valence-electron chi connectivity index (χ0n) is 12.9. The predicted molar refractivity (Wildman–Crippen MR) is 87.5 cm³/mol. The number of rotatable bonds is 2. The van der Waals surface area contributed by atoms with Gasteiger partial charge in [-0.1, -0.05) is 29.8 Å². The first-order valence-corrected chi connectivity index (χ1v) is 7.50. The number of hydrogen-bond acceptors (Lipinski definition) is 2. The van der Waals surface area contributed by atoms with Crippen molar-refractivity contribution >= 4 is 34.7 Å². The Morgan fingerprint density at radius 1 is 0.917 bits per heavy atom. The lowest BCUT2D eigenvalue weighted by molar-refractivity contribution is -0.119. The number of halogens is 3. The topological polar surface area (TPSA) is 37.4 Å². The highest BCUT2D eigenvalue weighted by Gasteiger charge is 2.40. The minimum absolute atomic E-state index is 0.00786. The van der Waals surface area contributed by atoms with Crippen LogP contribution >= 0.6 is 11.6 Å². The second kappa shape index (κ2) is 5.83. The second-order valence-electron chi connectivity index (χ2n) is 5.53. The molecule has 3 rings (SSSR count). The predicted octanol–water partition coefficient (Wildman–Crippen LogP) is 4.10. The SMILES string of the molecule is Cc1ccc(C2=C(Cl)C(=O)N(c3ccc(F)cc3F)C2=O)cc1C. The first kappa shape index (κ1) is 16.3. The third kappa shape index (κ3) is 2.51. The maximum atomic E-state index is 14.0. The smallest absolute Gasteiger partial charge is 0.268 e. The fourth-order valence-electron chi connectivity index (χ4n) is 2.53. The molecule has 0 bridgehead atoms. The fraction of sp³-hybridized carbons (Fsp3) is 0.111. The van der Waals surface area contributed by atoms with Crippen LogP contribution in [-0.4, -0.2) is 11.8 Å². The number of aryl methyl sites for hydroxylation is 2. The summed E-state index contributed by atoms with van der Waals surface area (Å²) in [5.41, 5.74) is 2.10. The number of carbonyl (C=O) groups is 2. The number of anilines is 1. The number of hydrogen-bond donors (Lipinski definition) is 0. The highest BCUT2D eigenvalue weighted by atomic mass is 35.5. The van der Waals surface area contributed by atoms with E-state index in [1.54, 1.807) is 18.2 Å². The van der Waals surface area contributed by atoms with Crippen LogP contribution in [0.4, 0.5) is 14.5 Å². The van der Waals surface area contributed by atoms with E-state index in [4.69, 9.17) is 11.6 Å². The Balaban J connectivity index is 2.09. The van der Waals surface area contributed by atoms with E-state index >= 15 is 0 Å². The first-order chi connectivity index (χ1) is 11.3. The molecule has 0 spiro atoms. The summed E-state index contributed by atoms with van der Waals surface area (Å²) < 4.78 is 27.0. The molecule has 0 aliphatic carbocycles. The van der Waals surface area contributed by atoms with Crippen molar-refractivity contribution in [1.29, 1.82) is 0 Å². The van der Waals surface area contributed by atoms with Crippen LogP contribution in [0, 0.1) is 25.5 Å². The van der Waals surface area contributed by atoms with Crippen molar-refractivity contribution in [3.8, 4) is 0 Å². The van der Waals surface area contributed by atoms with E-state index in [1.807, 2.05) is 13.8 Å². The highest BCUT2D eigenvalue weighted by molar-refractivity contribution is 6.60. The number of imide groups is 1. The Hall–Kier alpha value is -2.53. The molecule has 0 radical (unpaired) electrons. The third-order valence-electron chi connectivity index (χ3n) is 3.97. The van der Waals surface area contributed by atoms with E-state index < -0.39 is 23.4 Å². The van der Waals surface area contributed by atoms with Gasteiger partial charge in [0.25, 0.3) is 11.8 Å². The Kier molecular flexibility index (Phi) is 3.97. The number of benzene rings is 2. The van der Waals surface area contributed by atoms with Crippen LogP contribution < -0.4 is 4.90 Å². The summed E-state index contributed by atoms with van der Waals surface area (Å²) >= 11 is 6.05. The van der Waals surface area contributed by atoms with Crippen molar-refractivity contribution < 1.29 is 18.4 Å². The van der Waals surface area contributed by atoms with Gasteiger partial charge >= 0.3 is 0 Å². The molecule has 0 N–H and O–H groups in total. The highest BCUT2D eigenvalue weighted by Crippen LogP contribution is 2.36. The lowest BCUT2D eigenvalue weighted by Crippen LogP contribution is -2.32. The van der Waals surface area contributed by atoms with Crippen molar-refractivity contribution in [3.05, 3.63) is 69.8 Å². The molecule has 2 amide bonds. The lowest BCUT2D eigenvalue weighted by atomic mass is 10.0. The van der Waals surface area contributed by atoms with Gasteiger partial charge in [-0.15, -0.1) is 0 Å². The van der Waals surface area contributed by atoms with Crippen LogP contribution in [0.15, 0.2) is 41.4 Å². The molecule has 122 valence electrons. The fourth-order valence-corrected chi connectivity index (χ4v) is 2.81. The van der Waals surface area contributed by atoms with Crippen LogP contribution in [0.3, 0.4) is 0 Å². The summed E-state index contributed by atoms with van der Waals surface area (Å²) in [5, 5.41) is -0.285. The van der Waals surface area contributed by atoms with Crippen LogP contribution in [0.1, 0.15) is 16.7 Å². The molecule has 0 atom stereocenters. The van der Waals surface area contributed by atoms with Crippen molar-refractivity contribution in [2.45, 2.75) is 13.8 Å². The molecule has 1 aliphatic heterocycles. The van der Waals surface area contributed by atoms with Gasteiger partial charge < -0.3 is 0 Å². The van der Waals surface area contributed by atoms with E-state index in [0.29, 0.717) is 16.5 Å². The molecule has 1 heterocycles. The van der Waals surface area contributed by atoms with E-state index in [9.17, 15) is 18.4 Å². The average molecular weight is 348 g/mol. The average Bonchev–Trinajstić information content (AvgIpc) is 2.73. The number of carbonyl (C=O) groups excluding carboxylic acids is 2. The largest absolute Gasteiger partial charge is 0.277 e. The molecule has 0 fully saturated rings. The summed E-state index contributed by atoms with van der Waals surface area (Å²) in [6.07, 6.45) is 0. The zero-order valence-corrected chi connectivity index (χ0v) is 13.6. The van der Waals surface area contributed by atoms with Crippen LogP contribution in [-0.2, 0) is 9.59 Å². The molecule has 0 saturated heterocycles. The van der Waals surface area contributed by atoms with Gasteiger partial charge in [-0.3, -0.25) is 9.59 Å². The van der Waals surface area contributed by atoms with Crippen molar-refractivity contribution in [2.75, 3.05) is 4.90 Å². The van der Waals surface area contributed by atoms with Crippen molar-refractivity contribution in [1.82, 2.24) is 0 Å². The third-order valence-corrected chi connectivity index (χ3v) is 4.32. The van der Waals surface area contributed by atoms with Gasteiger partial charge in [0.05, 0.1) is 11.3 Å². The van der Waals surface area contributed by atoms with Gasteiger partial charge in [0.15, 0.2) is 0 Å². The molecule has 0 unspecified atom stereocenters. The van der Waals surface area contributed by atoms with Gasteiger partial charge in [0.2, 0.25) is 0 Å². The molecule has 2 aromatic rings. The van der Waals surface area contributed by atoms with Gasteiger partial charge in [0, 0.05) is 6.07 Å². The molecule has 1 aliphatic rings. The first-order valence-electron chi connectivity index (χ1n) is 7.12. The molecule has 24 heavy (non-hydrogen) atoms. The summed E-state index contributed by atoms with van der Waals surface area (Å²) in [5.74, 6) is -3.38. The van der Waals surface area contributed by atoms with Crippen molar-refractivity contribution in [2.24, 2.45) is 0 Å². The maximum Gasteiger partial charge on any atom is 0.277 e. The summed E-state index contributed by atoms with van der Waals surface area (Å²) in [7, 11) is 0. The maximum absolute atomic E-state index is 14.0. The molecular weight excluding hydrogens is 336 g/mol.